The lowest BCUT2D eigenvalue weighted by Crippen LogP contribution is -2.59. The molecular formula is C18H28N4O2. The number of nitrogens with two attached hydrogens (primary N) is 1. The van der Waals surface area contributed by atoms with Crippen LogP contribution < -0.4 is 11.1 Å². The van der Waals surface area contributed by atoms with Crippen molar-refractivity contribution in [3.63, 3.8) is 0 Å². The fourth-order valence-electron chi connectivity index (χ4n) is 2.98. The van der Waals surface area contributed by atoms with E-state index in [-0.39, 0.29) is 29.2 Å². The number of amides is 2. The number of pyridine rings is 1. The van der Waals surface area contributed by atoms with Crippen molar-refractivity contribution in [1.82, 2.24) is 15.2 Å². The minimum atomic E-state index is -0.565. The van der Waals surface area contributed by atoms with Crippen LogP contribution in [0.4, 0.5) is 0 Å². The second kappa shape index (κ2) is 7.30. The number of carbonyl (C=O) groups excluding carboxylic acids is 2. The van der Waals surface area contributed by atoms with Crippen LogP contribution in [0.2, 0.25) is 0 Å². The number of hydrogen-bond acceptors (Lipinski definition) is 4. The van der Waals surface area contributed by atoms with Crippen LogP contribution in [0.1, 0.15) is 44.6 Å². The molecule has 2 rings (SSSR count). The molecule has 0 saturated carbocycles. The van der Waals surface area contributed by atoms with Gasteiger partial charge in [0.15, 0.2) is 0 Å². The van der Waals surface area contributed by atoms with Gasteiger partial charge in [-0.1, -0.05) is 33.8 Å². The van der Waals surface area contributed by atoms with E-state index in [9.17, 15) is 9.59 Å². The molecule has 0 radical (unpaired) electrons. The van der Waals surface area contributed by atoms with E-state index in [2.05, 4.69) is 24.1 Å². The van der Waals surface area contributed by atoms with Gasteiger partial charge in [0, 0.05) is 25.3 Å². The molecule has 1 aromatic heterocycles. The van der Waals surface area contributed by atoms with Crippen LogP contribution in [0.15, 0.2) is 24.4 Å². The molecule has 132 valence electrons. The highest BCUT2D eigenvalue weighted by Gasteiger charge is 2.38. The van der Waals surface area contributed by atoms with Gasteiger partial charge < -0.3 is 16.0 Å². The van der Waals surface area contributed by atoms with Gasteiger partial charge in [0.2, 0.25) is 5.91 Å². The molecule has 6 nitrogen and oxygen atoms in total. The molecule has 0 aromatic carbocycles. The molecule has 0 bridgehead atoms. The SMILES string of the molecule is CC(C)C(NC(=O)c1ccccn1)C(=O)N1CCC(N)C(C)(C)C1. The molecule has 0 spiro atoms. The molecule has 6 heteroatoms. The average molecular weight is 332 g/mol. The monoisotopic (exact) mass is 332 g/mol. The number of aromatic nitrogens is 1. The summed E-state index contributed by atoms with van der Waals surface area (Å²) in [7, 11) is 0. The van der Waals surface area contributed by atoms with Gasteiger partial charge in [0.05, 0.1) is 0 Å². The number of likely N-dealkylation sites (tertiary alicyclic amines) is 1. The van der Waals surface area contributed by atoms with Crippen LogP contribution in [-0.2, 0) is 4.79 Å². The highest BCUT2D eigenvalue weighted by atomic mass is 16.2. The van der Waals surface area contributed by atoms with E-state index >= 15 is 0 Å². The van der Waals surface area contributed by atoms with Crippen LogP contribution in [0, 0.1) is 11.3 Å². The summed E-state index contributed by atoms with van der Waals surface area (Å²) >= 11 is 0. The highest BCUT2D eigenvalue weighted by molar-refractivity contribution is 5.96. The normalized spacial score (nSPS) is 21.4. The molecule has 1 aliphatic rings. The molecule has 1 aromatic rings. The Morgan fingerprint density at radius 2 is 2.08 bits per heavy atom. The van der Waals surface area contributed by atoms with Crippen LogP contribution >= 0.6 is 0 Å². The summed E-state index contributed by atoms with van der Waals surface area (Å²) in [6.07, 6.45) is 2.34. The van der Waals surface area contributed by atoms with E-state index < -0.39 is 6.04 Å². The van der Waals surface area contributed by atoms with Crippen molar-refractivity contribution < 1.29 is 9.59 Å². The first-order valence-electron chi connectivity index (χ1n) is 8.48. The van der Waals surface area contributed by atoms with Crippen LogP contribution in [0.3, 0.4) is 0 Å². The molecule has 1 aliphatic heterocycles. The molecule has 1 saturated heterocycles. The molecule has 24 heavy (non-hydrogen) atoms. The fraction of sp³-hybridized carbons (Fsp3) is 0.611. The molecule has 3 N–H and O–H groups in total. The van der Waals surface area contributed by atoms with Crippen LogP contribution in [0.5, 0.6) is 0 Å². The standard InChI is InChI=1S/C18H28N4O2/c1-12(2)15(21-16(23)13-7-5-6-9-20-13)17(24)22-10-8-14(19)18(3,4)11-22/h5-7,9,12,14-15H,8,10-11,19H2,1-4H3,(H,21,23). The average Bonchev–Trinajstić information content (AvgIpc) is 2.54. The van der Waals surface area contributed by atoms with Gasteiger partial charge in [-0.15, -0.1) is 0 Å². The summed E-state index contributed by atoms with van der Waals surface area (Å²) < 4.78 is 0. The third-order valence-electron chi connectivity index (χ3n) is 4.74. The Labute approximate surface area is 143 Å². The lowest BCUT2D eigenvalue weighted by molar-refractivity contribution is -0.137. The van der Waals surface area contributed by atoms with Gasteiger partial charge >= 0.3 is 0 Å². The quantitative estimate of drug-likeness (QED) is 0.873. The number of nitrogens with one attached hydrogen (secondary N) is 1. The number of carbonyl (C=O) groups is 2. The van der Waals surface area contributed by atoms with Crippen molar-refractivity contribution in [2.24, 2.45) is 17.1 Å². The Balaban J connectivity index is 2.10. The summed E-state index contributed by atoms with van der Waals surface area (Å²) in [6, 6.07) is 4.66. The third kappa shape index (κ3) is 4.12. The summed E-state index contributed by atoms with van der Waals surface area (Å²) in [4.78, 5) is 31.2. The number of hydrogen-bond donors (Lipinski definition) is 2. The summed E-state index contributed by atoms with van der Waals surface area (Å²) in [6.45, 7) is 9.26. The van der Waals surface area contributed by atoms with E-state index in [4.69, 9.17) is 5.73 Å². The second-order valence-electron chi connectivity index (χ2n) is 7.55. The van der Waals surface area contributed by atoms with Crippen molar-refractivity contribution in [2.75, 3.05) is 13.1 Å². The zero-order chi connectivity index (χ0) is 17.9. The lowest BCUT2D eigenvalue weighted by Gasteiger charge is -2.44. The Morgan fingerprint density at radius 1 is 1.38 bits per heavy atom. The molecule has 1 fully saturated rings. The Bertz CT molecular complexity index is 586. The lowest BCUT2D eigenvalue weighted by atomic mass is 9.79. The molecule has 2 heterocycles. The minimum Gasteiger partial charge on any atom is -0.340 e. The molecule has 2 atom stereocenters. The van der Waals surface area contributed by atoms with Gasteiger partial charge in [0.25, 0.3) is 5.91 Å². The zero-order valence-corrected chi connectivity index (χ0v) is 15.0. The van der Waals surface area contributed by atoms with Crippen molar-refractivity contribution in [2.45, 2.75) is 46.2 Å². The van der Waals surface area contributed by atoms with Gasteiger partial charge in [-0.05, 0) is 29.9 Å². The van der Waals surface area contributed by atoms with Crippen molar-refractivity contribution in [3.8, 4) is 0 Å². The Morgan fingerprint density at radius 3 is 2.62 bits per heavy atom. The summed E-state index contributed by atoms with van der Waals surface area (Å²) in [5.41, 5.74) is 6.34. The largest absolute Gasteiger partial charge is 0.340 e. The summed E-state index contributed by atoms with van der Waals surface area (Å²) in [5.74, 6) is -0.381. The van der Waals surface area contributed by atoms with Crippen molar-refractivity contribution in [1.29, 1.82) is 0 Å². The van der Waals surface area contributed by atoms with Crippen molar-refractivity contribution >= 4 is 11.8 Å². The fourth-order valence-corrected chi connectivity index (χ4v) is 2.98. The van der Waals surface area contributed by atoms with Gasteiger partial charge in [-0.2, -0.15) is 0 Å². The second-order valence-corrected chi connectivity index (χ2v) is 7.55. The first-order chi connectivity index (χ1) is 11.2. The zero-order valence-electron chi connectivity index (χ0n) is 15.0. The maximum absolute atomic E-state index is 13.0. The number of nitrogens with zero attached hydrogens (tertiary/aromatic N) is 2. The van der Waals surface area contributed by atoms with Gasteiger partial charge in [-0.3, -0.25) is 14.6 Å². The third-order valence-corrected chi connectivity index (χ3v) is 4.74. The highest BCUT2D eigenvalue weighted by Crippen LogP contribution is 2.28. The first kappa shape index (κ1) is 18.4. The Hall–Kier alpha value is -1.95. The van der Waals surface area contributed by atoms with Gasteiger partial charge in [-0.25, -0.2) is 0 Å². The van der Waals surface area contributed by atoms with Gasteiger partial charge in [0.1, 0.15) is 11.7 Å². The summed E-state index contributed by atoms with van der Waals surface area (Å²) in [5, 5.41) is 2.84. The molecule has 2 amide bonds. The van der Waals surface area contributed by atoms with E-state index in [0.717, 1.165) is 6.42 Å². The van der Waals surface area contributed by atoms with E-state index in [1.165, 1.54) is 0 Å². The smallest absolute Gasteiger partial charge is 0.270 e. The van der Waals surface area contributed by atoms with E-state index in [1.807, 2.05) is 18.7 Å². The first-order valence-corrected chi connectivity index (χ1v) is 8.48. The minimum absolute atomic E-state index is 0.0103. The van der Waals surface area contributed by atoms with E-state index in [0.29, 0.717) is 18.8 Å². The predicted molar refractivity (Wildman–Crippen MR) is 93.3 cm³/mol. The van der Waals surface area contributed by atoms with E-state index in [1.54, 1.807) is 24.4 Å². The predicted octanol–water partition coefficient (Wildman–Crippen LogP) is 1.42. The maximum atomic E-state index is 13.0. The number of rotatable bonds is 4. The molecule has 0 aliphatic carbocycles. The molecular weight excluding hydrogens is 304 g/mol. The van der Waals surface area contributed by atoms with Crippen LogP contribution in [-0.4, -0.2) is 46.9 Å². The number of piperidine rings is 1. The van der Waals surface area contributed by atoms with Crippen LogP contribution in [0.25, 0.3) is 0 Å². The molecule has 2 unspecified atom stereocenters. The Kier molecular flexibility index (Phi) is 5.59. The topological polar surface area (TPSA) is 88.3 Å². The van der Waals surface area contributed by atoms with Crippen molar-refractivity contribution in [3.05, 3.63) is 30.1 Å². The maximum Gasteiger partial charge on any atom is 0.270 e.